The molecule has 1 heterocycles. The van der Waals surface area contributed by atoms with Gasteiger partial charge in [-0.25, -0.2) is 0 Å². The molecule has 1 aliphatic carbocycles. The van der Waals surface area contributed by atoms with Crippen molar-refractivity contribution in [2.45, 2.75) is 44.9 Å². The molecule has 0 bridgehead atoms. The lowest BCUT2D eigenvalue weighted by molar-refractivity contribution is 0.431. The quantitative estimate of drug-likeness (QED) is 0.786. The van der Waals surface area contributed by atoms with Crippen molar-refractivity contribution in [3.8, 4) is 0 Å². The van der Waals surface area contributed by atoms with Gasteiger partial charge in [0.25, 0.3) is 6.01 Å². The van der Waals surface area contributed by atoms with Crippen molar-refractivity contribution in [2.24, 2.45) is 0 Å². The summed E-state index contributed by atoms with van der Waals surface area (Å²) >= 11 is 0. The number of hydrogen-bond acceptors (Lipinski definition) is 3. The van der Waals surface area contributed by atoms with Crippen LogP contribution in [0.5, 0.6) is 0 Å². The SMILES string of the molecule is CNc1nc(C2CCCCC2)c(C)o1. The predicted molar refractivity (Wildman–Crippen MR) is 56.6 cm³/mol. The topological polar surface area (TPSA) is 38.1 Å². The van der Waals surface area contributed by atoms with Gasteiger partial charge in [-0.05, 0) is 19.8 Å². The first-order valence-corrected chi connectivity index (χ1v) is 5.46. The van der Waals surface area contributed by atoms with E-state index in [0.29, 0.717) is 11.9 Å². The number of anilines is 1. The fraction of sp³-hybridized carbons (Fsp3) is 0.727. The fourth-order valence-corrected chi connectivity index (χ4v) is 2.27. The minimum absolute atomic E-state index is 0.634. The zero-order valence-electron chi connectivity index (χ0n) is 8.97. The number of hydrogen-bond donors (Lipinski definition) is 1. The van der Waals surface area contributed by atoms with Crippen molar-refractivity contribution in [1.29, 1.82) is 0 Å². The summed E-state index contributed by atoms with van der Waals surface area (Å²) in [5.41, 5.74) is 1.18. The fourth-order valence-electron chi connectivity index (χ4n) is 2.27. The third-order valence-corrected chi connectivity index (χ3v) is 3.04. The van der Waals surface area contributed by atoms with Crippen LogP contribution in [0.25, 0.3) is 0 Å². The molecule has 78 valence electrons. The van der Waals surface area contributed by atoms with Gasteiger partial charge in [0, 0.05) is 13.0 Å². The first kappa shape index (κ1) is 9.56. The van der Waals surface area contributed by atoms with Crippen molar-refractivity contribution in [3.63, 3.8) is 0 Å². The second-order valence-electron chi connectivity index (χ2n) is 4.05. The van der Waals surface area contributed by atoms with Crippen molar-refractivity contribution in [1.82, 2.24) is 4.98 Å². The van der Waals surface area contributed by atoms with E-state index in [1.807, 2.05) is 14.0 Å². The van der Waals surface area contributed by atoms with Crippen LogP contribution < -0.4 is 5.32 Å². The Bertz CT molecular complexity index is 300. The lowest BCUT2D eigenvalue weighted by atomic mass is 9.86. The molecule has 0 spiro atoms. The van der Waals surface area contributed by atoms with Gasteiger partial charge >= 0.3 is 0 Å². The van der Waals surface area contributed by atoms with Crippen molar-refractivity contribution in [3.05, 3.63) is 11.5 Å². The number of rotatable bonds is 2. The number of aryl methyl sites for hydroxylation is 1. The lowest BCUT2D eigenvalue weighted by Gasteiger charge is -2.19. The minimum Gasteiger partial charge on any atom is -0.429 e. The Kier molecular flexibility index (Phi) is 2.75. The summed E-state index contributed by atoms with van der Waals surface area (Å²) in [6, 6.07) is 0.656. The molecule has 0 aromatic carbocycles. The van der Waals surface area contributed by atoms with E-state index in [1.54, 1.807) is 0 Å². The minimum atomic E-state index is 0.634. The number of oxazole rings is 1. The molecule has 1 aromatic rings. The molecular weight excluding hydrogens is 176 g/mol. The highest BCUT2D eigenvalue weighted by atomic mass is 16.4. The Morgan fingerprint density at radius 2 is 2.00 bits per heavy atom. The molecule has 1 fully saturated rings. The van der Waals surface area contributed by atoms with E-state index in [2.05, 4.69) is 10.3 Å². The normalized spacial score (nSPS) is 18.4. The molecule has 14 heavy (non-hydrogen) atoms. The van der Waals surface area contributed by atoms with Crippen LogP contribution in [0, 0.1) is 6.92 Å². The monoisotopic (exact) mass is 194 g/mol. The van der Waals surface area contributed by atoms with Crippen LogP contribution in [0.3, 0.4) is 0 Å². The van der Waals surface area contributed by atoms with Crippen LogP contribution in [-0.4, -0.2) is 12.0 Å². The van der Waals surface area contributed by atoms with Crippen LogP contribution in [0.15, 0.2) is 4.42 Å². The van der Waals surface area contributed by atoms with Gasteiger partial charge in [-0.1, -0.05) is 19.3 Å². The number of nitrogens with one attached hydrogen (secondary N) is 1. The van der Waals surface area contributed by atoms with Crippen LogP contribution in [-0.2, 0) is 0 Å². The Hall–Kier alpha value is -0.990. The highest BCUT2D eigenvalue weighted by molar-refractivity contribution is 5.26. The summed E-state index contributed by atoms with van der Waals surface area (Å²) in [4.78, 5) is 4.47. The van der Waals surface area contributed by atoms with Gasteiger partial charge in [0.1, 0.15) is 5.76 Å². The highest BCUT2D eigenvalue weighted by Crippen LogP contribution is 2.34. The van der Waals surface area contributed by atoms with Gasteiger partial charge in [0.05, 0.1) is 5.69 Å². The maximum absolute atomic E-state index is 5.49. The van der Waals surface area contributed by atoms with Gasteiger partial charge in [0.2, 0.25) is 0 Å². The maximum Gasteiger partial charge on any atom is 0.294 e. The smallest absolute Gasteiger partial charge is 0.294 e. The first-order chi connectivity index (χ1) is 6.81. The molecular formula is C11H18N2O. The molecule has 0 amide bonds. The lowest BCUT2D eigenvalue weighted by Crippen LogP contribution is -2.06. The van der Waals surface area contributed by atoms with Crippen LogP contribution in [0.1, 0.15) is 49.5 Å². The molecule has 0 atom stereocenters. The van der Waals surface area contributed by atoms with E-state index in [-0.39, 0.29) is 0 Å². The van der Waals surface area contributed by atoms with Gasteiger partial charge in [-0.3, -0.25) is 0 Å². The Morgan fingerprint density at radius 3 is 2.57 bits per heavy atom. The zero-order chi connectivity index (χ0) is 9.97. The standard InChI is InChI=1S/C11H18N2O/c1-8-10(13-11(12-2)14-8)9-6-4-3-5-7-9/h9H,3-7H2,1-2H3,(H,12,13). The summed E-state index contributed by atoms with van der Waals surface area (Å²) in [6.07, 6.45) is 6.61. The van der Waals surface area contributed by atoms with E-state index in [9.17, 15) is 0 Å². The molecule has 3 nitrogen and oxygen atoms in total. The van der Waals surface area contributed by atoms with E-state index < -0.39 is 0 Å². The van der Waals surface area contributed by atoms with Gasteiger partial charge in [-0.15, -0.1) is 0 Å². The average Bonchev–Trinajstić information content (AvgIpc) is 2.61. The Balaban J connectivity index is 2.17. The van der Waals surface area contributed by atoms with Gasteiger partial charge < -0.3 is 9.73 Å². The molecule has 2 rings (SSSR count). The molecule has 0 saturated heterocycles. The van der Waals surface area contributed by atoms with Crippen molar-refractivity contribution in [2.75, 3.05) is 12.4 Å². The summed E-state index contributed by atoms with van der Waals surface area (Å²) < 4.78 is 5.49. The van der Waals surface area contributed by atoms with Gasteiger partial charge in [0.15, 0.2) is 0 Å². The molecule has 1 N–H and O–H groups in total. The molecule has 0 aliphatic heterocycles. The molecule has 0 unspecified atom stereocenters. The summed E-state index contributed by atoms with van der Waals surface area (Å²) in [7, 11) is 1.84. The second-order valence-corrected chi connectivity index (χ2v) is 4.05. The second kappa shape index (κ2) is 4.03. The van der Waals surface area contributed by atoms with Crippen LogP contribution in [0.2, 0.25) is 0 Å². The summed E-state index contributed by atoms with van der Waals surface area (Å²) in [5, 5.41) is 2.95. The average molecular weight is 194 g/mol. The van der Waals surface area contributed by atoms with Crippen molar-refractivity contribution < 1.29 is 4.42 Å². The number of nitrogens with zero attached hydrogens (tertiary/aromatic N) is 1. The molecule has 1 aliphatic rings. The maximum atomic E-state index is 5.49. The molecule has 0 radical (unpaired) electrons. The summed E-state index contributed by atoms with van der Waals surface area (Å²) in [6.45, 7) is 2.01. The van der Waals surface area contributed by atoms with Crippen LogP contribution in [0.4, 0.5) is 6.01 Å². The third kappa shape index (κ3) is 1.76. The zero-order valence-corrected chi connectivity index (χ0v) is 8.97. The predicted octanol–water partition coefficient (Wildman–Crippen LogP) is 3.07. The van der Waals surface area contributed by atoms with E-state index in [0.717, 1.165) is 5.76 Å². The molecule has 1 aromatic heterocycles. The highest BCUT2D eigenvalue weighted by Gasteiger charge is 2.21. The molecule has 3 heteroatoms. The summed E-state index contributed by atoms with van der Waals surface area (Å²) in [5.74, 6) is 1.62. The number of aromatic nitrogens is 1. The van der Waals surface area contributed by atoms with E-state index in [1.165, 1.54) is 37.8 Å². The Morgan fingerprint density at radius 1 is 1.29 bits per heavy atom. The van der Waals surface area contributed by atoms with Crippen LogP contribution >= 0.6 is 0 Å². The first-order valence-electron chi connectivity index (χ1n) is 5.46. The molecule has 1 saturated carbocycles. The van der Waals surface area contributed by atoms with Crippen molar-refractivity contribution >= 4 is 6.01 Å². The Labute approximate surface area is 84.9 Å². The van der Waals surface area contributed by atoms with Gasteiger partial charge in [-0.2, -0.15) is 4.98 Å². The largest absolute Gasteiger partial charge is 0.429 e. The van der Waals surface area contributed by atoms with E-state index in [4.69, 9.17) is 4.42 Å². The third-order valence-electron chi connectivity index (χ3n) is 3.04. The van der Waals surface area contributed by atoms with E-state index >= 15 is 0 Å².